The number of benzene rings is 1. The summed E-state index contributed by atoms with van der Waals surface area (Å²) in [5.41, 5.74) is 1.75. The van der Waals surface area contributed by atoms with Crippen LogP contribution in [0, 0.1) is 0 Å². The SMILES string of the molecule is O=c1[nH]c(N(I)Cc2ccccc2)nc2nc[nH]c12. The minimum absolute atomic E-state index is 0.216. The monoisotopic (exact) mass is 367 g/mol. The van der Waals surface area contributed by atoms with Gasteiger partial charge in [-0.1, -0.05) is 30.3 Å². The van der Waals surface area contributed by atoms with Gasteiger partial charge in [0.1, 0.15) is 0 Å². The number of hydrogen-bond acceptors (Lipinski definition) is 4. The van der Waals surface area contributed by atoms with Crippen molar-refractivity contribution in [3.63, 3.8) is 0 Å². The predicted molar refractivity (Wildman–Crippen MR) is 81.2 cm³/mol. The quantitative estimate of drug-likeness (QED) is 0.549. The van der Waals surface area contributed by atoms with Gasteiger partial charge in [-0.25, -0.2) is 4.98 Å². The Labute approximate surface area is 122 Å². The third kappa shape index (κ3) is 2.46. The Morgan fingerprint density at radius 2 is 2.05 bits per heavy atom. The molecule has 0 aliphatic heterocycles. The van der Waals surface area contributed by atoms with Crippen molar-refractivity contribution in [3.05, 3.63) is 52.6 Å². The molecule has 0 aliphatic carbocycles. The lowest BCUT2D eigenvalue weighted by atomic mass is 10.2. The lowest BCUT2D eigenvalue weighted by Gasteiger charge is -2.14. The van der Waals surface area contributed by atoms with Gasteiger partial charge in [0.05, 0.1) is 35.7 Å². The van der Waals surface area contributed by atoms with Gasteiger partial charge in [0, 0.05) is 0 Å². The standard InChI is InChI=1S/C12H10IN5O/c13-18(6-8-4-2-1-3-5-8)12-16-10-9(11(19)17-12)14-7-15-10/h1-5,7H,6H2,(H2,14,15,16,17,19). The smallest absolute Gasteiger partial charge is 0.278 e. The van der Waals surface area contributed by atoms with Crippen molar-refractivity contribution in [3.8, 4) is 0 Å². The molecule has 0 amide bonds. The summed E-state index contributed by atoms with van der Waals surface area (Å²) in [6, 6.07) is 9.98. The summed E-state index contributed by atoms with van der Waals surface area (Å²) < 4.78 is 1.85. The Hall–Kier alpha value is -1.90. The zero-order chi connectivity index (χ0) is 13.2. The van der Waals surface area contributed by atoms with Crippen LogP contribution in [-0.4, -0.2) is 19.9 Å². The first kappa shape index (κ1) is 12.2. The van der Waals surface area contributed by atoms with Crippen LogP contribution in [0.4, 0.5) is 5.95 Å². The van der Waals surface area contributed by atoms with E-state index in [1.165, 1.54) is 6.33 Å². The van der Waals surface area contributed by atoms with E-state index in [-0.39, 0.29) is 5.56 Å². The van der Waals surface area contributed by atoms with Gasteiger partial charge >= 0.3 is 0 Å². The molecule has 0 unspecified atom stereocenters. The fourth-order valence-electron chi connectivity index (χ4n) is 1.76. The van der Waals surface area contributed by atoms with E-state index in [0.29, 0.717) is 23.7 Å². The molecule has 1 aromatic carbocycles. The number of nitrogens with zero attached hydrogens (tertiary/aromatic N) is 3. The van der Waals surface area contributed by atoms with Crippen molar-refractivity contribution < 1.29 is 0 Å². The van der Waals surface area contributed by atoms with E-state index in [4.69, 9.17) is 0 Å². The molecule has 0 fully saturated rings. The highest BCUT2D eigenvalue weighted by Crippen LogP contribution is 2.16. The van der Waals surface area contributed by atoms with Gasteiger partial charge < -0.3 is 4.98 Å². The number of aromatic amines is 2. The third-order valence-corrected chi connectivity index (χ3v) is 3.48. The van der Waals surface area contributed by atoms with E-state index >= 15 is 0 Å². The van der Waals surface area contributed by atoms with Crippen LogP contribution in [0.3, 0.4) is 0 Å². The van der Waals surface area contributed by atoms with Gasteiger partial charge in [-0.2, -0.15) is 4.98 Å². The maximum Gasteiger partial charge on any atom is 0.278 e. The number of anilines is 1. The van der Waals surface area contributed by atoms with Crippen molar-refractivity contribution in [1.82, 2.24) is 19.9 Å². The van der Waals surface area contributed by atoms with Crippen molar-refractivity contribution in [2.24, 2.45) is 0 Å². The molecule has 19 heavy (non-hydrogen) atoms. The highest BCUT2D eigenvalue weighted by molar-refractivity contribution is 14.1. The van der Waals surface area contributed by atoms with Gasteiger partial charge in [0.2, 0.25) is 5.95 Å². The van der Waals surface area contributed by atoms with Gasteiger partial charge in [-0.05, 0) is 5.56 Å². The summed E-state index contributed by atoms with van der Waals surface area (Å²) in [6.45, 7) is 0.653. The van der Waals surface area contributed by atoms with Crippen LogP contribution in [0.1, 0.15) is 5.56 Å². The van der Waals surface area contributed by atoms with Crippen LogP contribution >= 0.6 is 22.9 Å². The number of nitrogens with one attached hydrogen (secondary N) is 2. The molecule has 0 atom stereocenters. The Morgan fingerprint density at radius 1 is 1.26 bits per heavy atom. The molecule has 0 radical (unpaired) electrons. The molecule has 0 spiro atoms. The zero-order valence-corrected chi connectivity index (χ0v) is 12.0. The number of hydrogen-bond donors (Lipinski definition) is 2. The van der Waals surface area contributed by atoms with E-state index in [2.05, 4.69) is 42.8 Å². The van der Waals surface area contributed by atoms with Crippen molar-refractivity contribution >= 4 is 40.0 Å². The molecule has 96 valence electrons. The van der Waals surface area contributed by atoms with Crippen molar-refractivity contribution in [2.45, 2.75) is 6.54 Å². The number of imidazole rings is 1. The number of H-pyrrole nitrogens is 2. The third-order valence-electron chi connectivity index (χ3n) is 2.68. The van der Waals surface area contributed by atoms with Gasteiger partial charge in [-0.15, -0.1) is 0 Å². The Morgan fingerprint density at radius 3 is 2.84 bits per heavy atom. The average molecular weight is 367 g/mol. The second-order valence-electron chi connectivity index (χ2n) is 4.00. The fourth-order valence-corrected chi connectivity index (χ4v) is 2.39. The minimum atomic E-state index is -0.216. The van der Waals surface area contributed by atoms with Crippen LogP contribution in [0.5, 0.6) is 0 Å². The number of rotatable bonds is 3. The van der Waals surface area contributed by atoms with Gasteiger partial charge in [0.15, 0.2) is 11.2 Å². The predicted octanol–water partition coefficient (Wildman–Crippen LogP) is 2.00. The van der Waals surface area contributed by atoms with Gasteiger partial charge in [-0.3, -0.25) is 12.9 Å². The molecule has 0 saturated carbocycles. The van der Waals surface area contributed by atoms with E-state index in [1.54, 1.807) is 0 Å². The lowest BCUT2D eigenvalue weighted by Crippen LogP contribution is -2.18. The van der Waals surface area contributed by atoms with Crippen LogP contribution in [0.2, 0.25) is 0 Å². The molecule has 2 heterocycles. The molecule has 0 saturated heterocycles. The van der Waals surface area contributed by atoms with E-state index in [9.17, 15) is 4.79 Å². The molecule has 0 aliphatic rings. The first-order chi connectivity index (χ1) is 9.24. The Balaban J connectivity index is 1.93. The summed E-state index contributed by atoms with van der Waals surface area (Å²) in [4.78, 5) is 25.6. The van der Waals surface area contributed by atoms with E-state index in [1.807, 2.05) is 33.4 Å². The lowest BCUT2D eigenvalue weighted by molar-refractivity contribution is 0.999. The zero-order valence-electron chi connectivity index (χ0n) is 9.80. The van der Waals surface area contributed by atoms with Crippen molar-refractivity contribution in [1.29, 1.82) is 0 Å². The summed E-state index contributed by atoms with van der Waals surface area (Å²) in [6.07, 6.45) is 1.46. The summed E-state index contributed by atoms with van der Waals surface area (Å²) in [5.74, 6) is 0.494. The maximum absolute atomic E-state index is 11.8. The fraction of sp³-hybridized carbons (Fsp3) is 0.0833. The largest absolute Gasteiger partial charge is 0.339 e. The molecular weight excluding hydrogens is 357 g/mol. The first-order valence-electron chi connectivity index (χ1n) is 5.64. The topological polar surface area (TPSA) is 77.7 Å². The van der Waals surface area contributed by atoms with Crippen molar-refractivity contribution in [2.75, 3.05) is 3.11 Å². The van der Waals surface area contributed by atoms with Crippen LogP contribution in [0.25, 0.3) is 11.2 Å². The molecule has 2 N–H and O–H groups in total. The Kier molecular flexibility index (Phi) is 3.20. The molecule has 6 nitrogen and oxygen atoms in total. The molecule has 7 heteroatoms. The molecule has 3 rings (SSSR count). The molecule has 2 aromatic heterocycles. The first-order valence-corrected chi connectivity index (χ1v) is 6.61. The summed E-state index contributed by atoms with van der Waals surface area (Å²) in [7, 11) is 0. The average Bonchev–Trinajstić information content (AvgIpc) is 2.88. The number of aromatic nitrogens is 4. The van der Waals surface area contributed by atoms with Crippen LogP contribution in [-0.2, 0) is 6.54 Å². The highest BCUT2D eigenvalue weighted by atomic mass is 127. The summed E-state index contributed by atoms with van der Waals surface area (Å²) >= 11 is 2.12. The summed E-state index contributed by atoms with van der Waals surface area (Å²) in [5, 5.41) is 0. The second kappa shape index (κ2) is 5.00. The highest BCUT2D eigenvalue weighted by Gasteiger charge is 2.10. The van der Waals surface area contributed by atoms with E-state index in [0.717, 1.165) is 5.56 Å². The molecular formula is C12H10IN5O. The minimum Gasteiger partial charge on any atom is -0.339 e. The molecule has 0 bridgehead atoms. The Bertz CT molecular complexity index is 751. The molecule has 3 aromatic rings. The normalized spacial score (nSPS) is 10.8. The van der Waals surface area contributed by atoms with Crippen LogP contribution < -0.4 is 8.67 Å². The number of halogens is 1. The van der Waals surface area contributed by atoms with Gasteiger partial charge in [0.25, 0.3) is 5.56 Å². The second-order valence-corrected chi connectivity index (χ2v) is 5.16. The number of fused-ring (bicyclic) bond motifs is 1. The van der Waals surface area contributed by atoms with E-state index < -0.39 is 0 Å². The van der Waals surface area contributed by atoms with Crippen LogP contribution in [0.15, 0.2) is 41.5 Å². The maximum atomic E-state index is 11.8.